The van der Waals surface area contributed by atoms with E-state index in [0.29, 0.717) is 0 Å². The van der Waals surface area contributed by atoms with Gasteiger partial charge in [-0.1, -0.05) is 48.6 Å². The van der Waals surface area contributed by atoms with Crippen LogP contribution in [0.3, 0.4) is 0 Å². The average Bonchev–Trinajstić information content (AvgIpc) is 2.44. The first-order valence-electron chi connectivity index (χ1n) is 5.24. The highest BCUT2D eigenvalue weighted by Gasteiger charge is 2.04. The molecule has 0 aliphatic heterocycles. The fraction of sp³-hybridized carbons (Fsp3) is 0.286. The largest absolute Gasteiger partial charge is 0.381 e. The second-order valence-corrected chi connectivity index (χ2v) is 3.81. The van der Waals surface area contributed by atoms with Gasteiger partial charge in [0, 0.05) is 26.2 Å². The van der Waals surface area contributed by atoms with Gasteiger partial charge in [-0.25, -0.2) is 0 Å². The van der Waals surface area contributed by atoms with Crippen molar-refractivity contribution in [3.8, 4) is 0 Å². The average molecular weight is 201 g/mol. The van der Waals surface area contributed by atoms with Gasteiger partial charge in [-0.3, -0.25) is 0 Å². The highest BCUT2D eigenvalue weighted by molar-refractivity contribution is 5.28. The van der Waals surface area contributed by atoms with Crippen molar-refractivity contribution < 1.29 is 0 Å². The lowest BCUT2D eigenvalue weighted by molar-refractivity contribution is 0.498. The van der Waals surface area contributed by atoms with E-state index < -0.39 is 0 Å². The summed E-state index contributed by atoms with van der Waals surface area (Å²) >= 11 is 0. The van der Waals surface area contributed by atoms with Crippen molar-refractivity contribution in [3.05, 3.63) is 60.4 Å². The topological polar surface area (TPSA) is 3.24 Å². The van der Waals surface area contributed by atoms with Gasteiger partial charge in [0.05, 0.1) is 0 Å². The van der Waals surface area contributed by atoms with Crippen LogP contribution in [0.4, 0.5) is 0 Å². The van der Waals surface area contributed by atoms with Gasteiger partial charge in [0.1, 0.15) is 0 Å². The minimum Gasteiger partial charge on any atom is -0.381 e. The van der Waals surface area contributed by atoms with Crippen LogP contribution in [0.5, 0.6) is 0 Å². The Bertz CT molecular complexity index is 327. The quantitative estimate of drug-likeness (QED) is 0.632. The molecule has 0 saturated carbocycles. The summed E-state index contributed by atoms with van der Waals surface area (Å²) in [5.74, 6) is 0. The van der Waals surface area contributed by atoms with Crippen molar-refractivity contribution in [1.29, 1.82) is 0 Å². The van der Waals surface area contributed by atoms with Crippen LogP contribution in [0.25, 0.3) is 0 Å². The third-order valence-electron chi connectivity index (χ3n) is 2.37. The van der Waals surface area contributed by atoms with Gasteiger partial charge >= 0.3 is 0 Å². The van der Waals surface area contributed by atoms with Crippen LogP contribution in [-0.4, -0.2) is 19.0 Å². The molecular weight excluding hydrogens is 182 g/mol. The normalized spacial score (nSPS) is 19.1. The first kappa shape index (κ1) is 11.6. The molecule has 0 aromatic carbocycles. The SMILES string of the molecule is C=C/C=C\C=C1\CC=CC=C(N(C)C)C1. The predicted molar refractivity (Wildman–Crippen MR) is 67.6 cm³/mol. The Morgan fingerprint density at radius 3 is 2.80 bits per heavy atom. The van der Waals surface area contributed by atoms with E-state index in [0.717, 1.165) is 12.8 Å². The zero-order chi connectivity index (χ0) is 11.1. The maximum atomic E-state index is 3.66. The lowest BCUT2D eigenvalue weighted by Gasteiger charge is -2.16. The van der Waals surface area contributed by atoms with Crippen molar-refractivity contribution in [2.45, 2.75) is 12.8 Å². The molecule has 0 amide bonds. The van der Waals surface area contributed by atoms with Gasteiger partial charge in [0.2, 0.25) is 0 Å². The summed E-state index contributed by atoms with van der Waals surface area (Å²) in [6, 6.07) is 0. The Hall–Kier alpha value is -1.50. The molecule has 1 rings (SSSR count). The van der Waals surface area contributed by atoms with E-state index in [9.17, 15) is 0 Å². The number of hydrogen-bond donors (Lipinski definition) is 0. The molecule has 0 heterocycles. The van der Waals surface area contributed by atoms with Gasteiger partial charge < -0.3 is 4.90 Å². The molecule has 0 N–H and O–H groups in total. The van der Waals surface area contributed by atoms with Crippen LogP contribution >= 0.6 is 0 Å². The van der Waals surface area contributed by atoms with E-state index >= 15 is 0 Å². The summed E-state index contributed by atoms with van der Waals surface area (Å²) in [5.41, 5.74) is 2.78. The van der Waals surface area contributed by atoms with Crippen molar-refractivity contribution in [2.75, 3.05) is 14.1 Å². The molecule has 1 aliphatic carbocycles. The minimum absolute atomic E-state index is 1.03. The van der Waals surface area contributed by atoms with Gasteiger partial charge in [-0.05, 0) is 12.5 Å². The lowest BCUT2D eigenvalue weighted by Crippen LogP contribution is -2.11. The Morgan fingerprint density at radius 1 is 1.33 bits per heavy atom. The Kier molecular flexibility index (Phi) is 4.69. The molecular formula is C14H19N. The number of rotatable bonds is 3. The summed E-state index contributed by atoms with van der Waals surface area (Å²) in [5, 5.41) is 0. The number of hydrogen-bond acceptors (Lipinski definition) is 1. The van der Waals surface area contributed by atoms with Crippen LogP contribution in [0.2, 0.25) is 0 Å². The second-order valence-electron chi connectivity index (χ2n) is 3.81. The molecule has 1 heteroatoms. The molecule has 0 aromatic heterocycles. The van der Waals surface area contributed by atoms with E-state index in [-0.39, 0.29) is 0 Å². The Morgan fingerprint density at radius 2 is 2.13 bits per heavy atom. The molecule has 0 unspecified atom stereocenters. The molecule has 0 aromatic rings. The molecule has 1 aliphatic rings. The van der Waals surface area contributed by atoms with Crippen molar-refractivity contribution in [1.82, 2.24) is 4.90 Å². The van der Waals surface area contributed by atoms with E-state index in [1.165, 1.54) is 11.3 Å². The van der Waals surface area contributed by atoms with E-state index in [1.807, 2.05) is 6.08 Å². The summed E-state index contributed by atoms with van der Waals surface area (Å²) in [6.07, 6.45) is 16.6. The predicted octanol–water partition coefficient (Wildman–Crippen LogP) is 3.45. The fourth-order valence-corrected chi connectivity index (χ4v) is 1.47. The molecule has 15 heavy (non-hydrogen) atoms. The highest BCUT2D eigenvalue weighted by Crippen LogP contribution is 2.20. The molecule has 0 saturated heterocycles. The Labute approximate surface area is 92.8 Å². The summed E-state index contributed by atoms with van der Waals surface area (Å²) in [7, 11) is 4.17. The first-order chi connectivity index (χ1) is 7.24. The van der Waals surface area contributed by atoms with Crippen LogP contribution in [0.1, 0.15) is 12.8 Å². The minimum atomic E-state index is 1.03. The maximum absolute atomic E-state index is 3.66. The summed E-state index contributed by atoms with van der Waals surface area (Å²) < 4.78 is 0. The third-order valence-corrected chi connectivity index (χ3v) is 2.37. The third kappa shape index (κ3) is 4.03. The van der Waals surface area contributed by atoms with E-state index in [4.69, 9.17) is 0 Å². The van der Waals surface area contributed by atoms with Crippen LogP contribution in [0.15, 0.2) is 60.4 Å². The maximum Gasteiger partial charge on any atom is 0.0169 e. The van der Waals surface area contributed by atoms with Crippen molar-refractivity contribution in [3.63, 3.8) is 0 Å². The van der Waals surface area contributed by atoms with Gasteiger partial charge in [0.15, 0.2) is 0 Å². The van der Waals surface area contributed by atoms with Gasteiger partial charge in [0.25, 0.3) is 0 Å². The molecule has 80 valence electrons. The molecule has 1 nitrogen and oxygen atoms in total. The van der Waals surface area contributed by atoms with E-state index in [1.54, 1.807) is 6.08 Å². The summed E-state index contributed by atoms with van der Waals surface area (Å²) in [4.78, 5) is 2.17. The number of allylic oxidation sites excluding steroid dienone is 8. The molecule has 0 radical (unpaired) electrons. The second kappa shape index (κ2) is 6.07. The molecule has 0 bridgehead atoms. The molecule has 0 atom stereocenters. The van der Waals surface area contributed by atoms with Gasteiger partial charge in [-0.15, -0.1) is 0 Å². The fourth-order valence-electron chi connectivity index (χ4n) is 1.47. The zero-order valence-corrected chi connectivity index (χ0v) is 9.61. The number of nitrogens with zero attached hydrogens (tertiary/aromatic N) is 1. The van der Waals surface area contributed by atoms with Crippen LogP contribution in [-0.2, 0) is 0 Å². The van der Waals surface area contributed by atoms with Crippen LogP contribution < -0.4 is 0 Å². The molecule has 0 fully saturated rings. The van der Waals surface area contributed by atoms with Crippen molar-refractivity contribution >= 4 is 0 Å². The standard InChI is InChI=1S/C14H19N/c1-4-5-6-9-13-10-7-8-11-14(12-13)15(2)3/h4-9,11H,1,10,12H2,2-3H3/b6-5-,13-9-. The Balaban J connectivity index is 2.74. The molecule has 0 spiro atoms. The van der Waals surface area contributed by atoms with Crippen LogP contribution in [0, 0.1) is 0 Å². The van der Waals surface area contributed by atoms with Crippen molar-refractivity contribution in [2.24, 2.45) is 0 Å². The highest BCUT2D eigenvalue weighted by atomic mass is 15.1. The van der Waals surface area contributed by atoms with E-state index in [2.05, 4.69) is 56.0 Å². The first-order valence-corrected chi connectivity index (χ1v) is 5.24. The zero-order valence-electron chi connectivity index (χ0n) is 9.61. The lowest BCUT2D eigenvalue weighted by atomic mass is 10.1. The van der Waals surface area contributed by atoms with Gasteiger partial charge in [-0.2, -0.15) is 0 Å². The summed E-state index contributed by atoms with van der Waals surface area (Å²) in [6.45, 7) is 3.66. The monoisotopic (exact) mass is 201 g/mol. The smallest absolute Gasteiger partial charge is 0.0169 e.